The summed E-state index contributed by atoms with van der Waals surface area (Å²) in [6, 6.07) is 8.73. The van der Waals surface area contributed by atoms with E-state index in [-0.39, 0.29) is 19.1 Å². The van der Waals surface area contributed by atoms with Gasteiger partial charge in [-0.05, 0) is 25.0 Å². The summed E-state index contributed by atoms with van der Waals surface area (Å²) in [6.07, 6.45) is 1.14. The molecule has 0 aliphatic rings. The molecule has 0 saturated heterocycles. The average Bonchev–Trinajstić information content (AvgIpc) is 2.50. The Morgan fingerprint density at radius 1 is 1.40 bits per heavy atom. The molecule has 1 rings (SSSR count). The van der Waals surface area contributed by atoms with Crippen LogP contribution in [0.15, 0.2) is 24.3 Å². The van der Waals surface area contributed by atoms with Crippen molar-refractivity contribution in [1.29, 1.82) is 5.26 Å². The maximum Gasteiger partial charge on any atom is 0.258 e. The second kappa shape index (κ2) is 7.51. The van der Waals surface area contributed by atoms with Crippen molar-refractivity contribution in [1.82, 2.24) is 5.32 Å². The molecule has 0 spiro atoms. The van der Waals surface area contributed by atoms with E-state index in [1.165, 1.54) is 0 Å². The Kier molecular flexibility index (Phi) is 6.01. The molecule has 20 heavy (non-hydrogen) atoms. The predicted octanol–water partition coefficient (Wildman–Crippen LogP) is 1.60. The Morgan fingerprint density at radius 3 is 2.65 bits per heavy atom. The highest BCUT2D eigenvalue weighted by Gasteiger charge is 2.22. The molecule has 1 aromatic rings. The lowest BCUT2D eigenvalue weighted by atomic mass is 9.98. The molecule has 0 heterocycles. The molecule has 0 saturated carbocycles. The minimum Gasteiger partial charge on any atom is -0.482 e. The molecule has 0 atom stereocenters. The largest absolute Gasteiger partial charge is 0.482 e. The minimum atomic E-state index is -0.875. The third-order valence-electron chi connectivity index (χ3n) is 3.30. The molecule has 0 radical (unpaired) electrons. The quantitative estimate of drug-likeness (QED) is 0.792. The van der Waals surface area contributed by atoms with Crippen molar-refractivity contribution < 1.29 is 14.6 Å². The molecule has 2 N–H and O–H groups in total. The number of rotatable bonds is 7. The van der Waals surface area contributed by atoms with Gasteiger partial charge in [0.2, 0.25) is 0 Å². The lowest BCUT2D eigenvalue weighted by Crippen LogP contribution is -2.43. The van der Waals surface area contributed by atoms with E-state index in [4.69, 9.17) is 10.00 Å². The molecular formula is C15H20N2O3. The van der Waals surface area contributed by atoms with Gasteiger partial charge in [0, 0.05) is 6.54 Å². The summed E-state index contributed by atoms with van der Waals surface area (Å²) in [5.41, 5.74) is -0.487. The van der Waals surface area contributed by atoms with E-state index in [2.05, 4.69) is 5.32 Å². The van der Waals surface area contributed by atoms with Gasteiger partial charge >= 0.3 is 0 Å². The van der Waals surface area contributed by atoms with Gasteiger partial charge in [-0.1, -0.05) is 26.0 Å². The number of benzene rings is 1. The van der Waals surface area contributed by atoms with Gasteiger partial charge in [0.15, 0.2) is 6.61 Å². The summed E-state index contributed by atoms with van der Waals surface area (Å²) in [6.45, 7) is 3.76. The summed E-state index contributed by atoms with van der Waals surface area (Å²) < 4.78 is 5.31. The van der Waals surface area contributed by atoms with E-state index in [1.54, 1.807) is 24.3 Å². The zero-order valence-electron chi connectivity index (χ0n) is 11.8. The zero-order valence-corrected chi connectivity index (χ0v) is 11.8. The van der Waals surface area contributed by atoms with Crippen molar-refractivity contribution in [2.45, 2.75) is 32.3 Å². The van der Waals surface area contributed by atoms with Gasteiger partial charge in [-0.2, -0.15) is 5.26 Å². The highest BCUT2D eigenvalue weighted by Crippen LogP contribution is 2.16. The molecule has 5 nitrogen and oxygen atoms in total. The first-order valence-corrected chi connectivity index (χ1v) is 6.65. The number of nitriles is 1. The topological polar surface area (TPSA) is 82.3 Å². The van der Waals surface area contributed by atoms with Crippen LogP contribution in [0.2, 0.25) is 0 Å². The normalized spacial score (nSPS) is 10.7. The van der Waals surface area contributed by atoms with Gasteiger partial charge in [-0.3, -0.25) is 4.79 Å². The fourth-order valence-corrected chi connectivity index (χ4v) is 1.64. The van der Waals surface area contributed by atoms with E-state index >= 15 is 0 Å². The fraction of sp³-hybridized carbons (Fsp3) is 0.467. The van der Waals surface area contributed by atoms with E-state index in [0.717, 1.165) is 0 Å². The van der Waals surface area contributed by atoms with Crippen LogP contribution in [0.5, 0.6) is 5.75 Å². The molecule has 1 amide bonds. The summed E-state index contributed by atoms with van der Waals surface area (Å²) in [7, 11) is 0. The number of para-hydroxylation sites is 1. The van der Waals surface area contributed by atoms with E-state index in [9.17, 15) is 9.90 Å². The second-order valence-electron chi connectivity index (χ2n) is 4.60. The van der Waals surface area contributed by atoms with Crippen LogP contribution in [0.25, 0.3) is 0 Å². The smallest absolute Gasteiger partial charge is 0.258 e. The Bertz CT molecular complexity index is 490. The van der Waals surface area contributed by atoms with Crippen molar-refractivity contribution in [3.05, 3.63) is 29.8 Å². The van der Waals surface area contributed by atoms with Gasteiger partial charge in [0.05, 0.1) is 11.2 Å². The van der Waals surface area contributed by atoms with Crippen LogP contribution in [-0.4, -0.2) is 29.8 Å². The van der Waals surface area contributed by atoms with Crippen LogP contribution in [0, 0.1) is 11.3 Å². The molecule has 0 aliphatic carbocycles. The van der Waals surface area contributed by atoms with Gasteiger partial charge in [0.1, 0.15) is 11.8 Å². The molecule has 0 aliphatic heterocycles. The summed E-state index contributed by atoms with van der Waals surface area (Å²) >= 11 is 0. The van der Waals surface area contributed by atoms with Gasteiger partial charge in [0.25, 0.3) is 5.91 Å². The zero-order chi connectivity index (χ0) is 15.0. The number of hydrogen-bond acceptors (Lipinski definition) is 4. The molecule has 0 bridgehead atoms. The SMILES string of the molecule is CCC(O)(CC)CNC(=O)COc1ccccc1C#N. The molecule has 0 fully saturated rings. The first-order chi connectivity index (χ1) is 9.54. The molecule has 0 aromatic heterocycles. The molecule has 5 heteroatoms. The first-order valence-electron chi connectivity index (χ1n) is 6.65. The van der Waals surface area contributed by atoms with Crippen molar-refractivity contribution >= 4 is 5.91 Å². The van der Waals surface area contributed by atoms with E-state index in [0.29, 0.717) is 24.2 Å². The third-order valence-corrected chi connectivity index (χ3v) is 3.30. The molecular weight excluding hydrogens is 256 g/mol. The number of nitrogens with one attached hydrogen (secondary N) is 1. The Morgan fingerprint density at radius 2 is 2.05 bits per heavy atom. The fourth-order valence-electron chi connectivity index (χ4n) is 1.64. The standard InChI is InChI=1S/C15H20N2O3/c1-3-15(19,4-2)11-17-14(18)10-20-13-8-6-5-7-12(13)9-16/h5-8,19H,3-4,10-11H2,1-2H3,(H,17,18). The number of ether oxygens (including phenoxy) is 1. The Hall–Kier alpha value is -2.06. The van der Waals surface area contributed by atoms with Gasteiger partial charge < -0.3 is 15.2 Å². The van der Waals surface area contributed by atoms with Crippen LogP contribution in [0.3, 0.4) is 0 Å². The van der Waals surface area contributed by atoms with Crippen LogP contribution in [-0.2, 0) is 4.79 Å². The highest BCUT2D eigenvalue weighted by molar-refractivity contribution is 5.77. The first kappa shape index (κ1) is 16.0. The molecule has 1 aromatic carbocycles. The van der Waals surface area contributed by atoms with Crippen molar-refractivity contribution in [3.8, 4) is 11.8 Å². The number of aliphatic hydroxyl groups is 1. The Balaban J connectivity index is 2.46. The number of amides is 1. The number of carbonyl (C=O) groups excluding carboxylic acids is 1. The Labute approximate surface area is 119 Å². The van der Waals surface area contributed by atoms with Crippen LogP contribution in [0.1, 0.15) is 32.3 Å². The molecule has 108 valence electrons. The lowest BCUT2D eigenvalue weighted by molar-refractivity contribution is -0.124. The van der Waals surface area contributed by atoms with Crippen LogP contribution < -0.4 is 10.1 Å². The highest BCUT2D eigenvalue weighted by atomic mass is 16.5. The minimum absolute atomic E-state index is 0.178. The van der Waals surface area contributed by atoms with Crippen LogP contribution in [0.4, 0.5) is 0 Å². The lowest BCUT2D eigenvalue weighted by Gasteiger charge is -2.25. The van der Waals surface area contributed by atoms with Crippen LogP contribution >= 0.6 is 0 Å². The van der Waals surface area contributed by atoms with Crippen molar-refractivity contribution in [3.63, 3.8) is 0 Å². The maximum absolute atomic E-state index is 11.7. The van der Waals surface area contributed by atoms with Crippen molar-refractivity contribution in [2.75, 3.05) is 13.2 Å². The van der Waals surface area contributed by atoms with E-state index in [1.807, 2.05) is 19.9 Å². The number of carbonyl (C=O) groups is 1. The summed E-state index contributed by atoms with van der Waals surface area (Å²) in [5, 5.41) is 21.6. The van der Waals surface area contributed by atoms with E-state index < -0.39 is 5.60 Å². The third kappa shape index (κ3) is 4.56. The second-order valence-corrected chi connectivity index (χ2v) is 4.60. The van der Waals surface area contributed by atoms with Crippen molar-refractivity contribution in [2.24, 2.45) is 0 Å². The average molecular weight is 276 g/mol. The molecule has 0 unspecified atom stereocenters. The number of nitrogens with zero attached hydrogens (tertiary/aromatic N) is 1. The maximum atomic E-state index is 11.7. The summed E-state index contributed by atoms with van der Waals surface area (Å²) in [5.74, 6) is 0.0597. The van der Waals surface area contributed by atoms with Gasteiger partial charge in [-0.25, -0.2) is 0 Å². The van der Waals surface area contributed by atoms with Gasteiger partial charge in [-0.15, -0.1) is 0 Å². The monoisotopic (exact) mass is 276 g/mol. The number of hydrogen-bond donors (Lipinski definition) is 2. The predicted molar refractivity (Wildman–Crippen MR) is 75.2 cm³/mol. The summed E-state index contributed by atoms with van der Waals surface area (Å²) in [4.78, 5) is 11.7.